The van der Waals surface area contributed by atoms with Gasteiger partial charge in [-0.05, 0) is 44.4 Å². The minimum absolute atomic E-state index is 0.0219. The van der Waals surface area contributed by atoms with Gasteiger partial charge in [0.1, 0.15) is 6.04 Å². The summed E-state index contributed by atoms with van der Waals surface area (Å²) in [6, 6.07) is 16.0. The molecule has 0 fully saturated rings. The molecule has 0 saturated carbocycles. The summed E-state index contributed by atoms with van der Waals surface area (Å²) in [4.78, 5) is 28.8. The van der Waals surface area contributed by atoms with Crippen LogP contribution in [0.5, 0.6) is 0 Å². The fraction of sp³-hybridized carbons (Fsp3) is 0.440. The third kappa shape index (κ3) is 7.52. The molecule has 2 rings (SSSR count). The second-order valence-electron chi connectivity index (χ2n) is 7.63. The van der Waals surface area contributed by atoms with Crippen LogP contribution in [0.2, 0.25) is 0 Å². The lowest BCUT2D eigenvalue weighted by Crippen LogP contribution is -2.49. The highest BCUT2D eigenvalue weighted by atomic mass is 32.2. The average Bonchev–Trinajstić information content (AvgIpc) is 2.74. The van der Waals surface area contributed by atoms with E-state index < -0.39 is 6.04 Å². The quantitative estimate of drug-likeness (QED) is 0.508. The van der Waals surface area contributed by atoms with Gasteiger partial charge in [0.05, 0.1) is 0 Å². The van der Waals surface area contributed by atoms with Gasteiger partial charge in [-0.2, -0.15) is 0 Å². The first-order valence-corrected chi connectivity index (χ1v) is 11.7. The van der Waals surface area contributed by atoms with Gasteiger partial charge in [0.25, 0.3) is 0 Å². The Balaban J connectivity index is 2.09. The van der Waals surface area contributed by atoms with Crippen LogP contribution in [-0.2, 0) is 16.1 Å². The van der Waals surface area contributed by atoms with Crippen molar-refractivity contribution in [2.75, 3.05) is 12.3 Å². The Bertz CT molecular complexity index is 803. The van der Waals surface area contributed by atoms with Gasteiger partial charge in [0, 0.05) is 30.2 Å². The van der Waals surface area contributed by atoms with Gasteiger partial charge in [-0.3, -0.25) is 9.59 Å². The molecule has 2 aromatic carbocycles. The van der Waals surface area contributed by atoms with Gasteiger partial charge in [-0.1, -0.05) is 61.4 Å². The van der Waals surface area contributed by atoms with Crippen molar-refractivity contribution in [3.8, 4) is 0 Å². The Kier molecular flexibility index (Phi) is 9.95. The number of amides is 2. The molecule has 2 amide bonds. The minimum atomic E-state index is -0.449. The lowest BCUT2D eigenvalue weighted by Gasteiger charge is -2.30. The van der Waals surface area contributed by atoms with E-state index in [9.17, 15) is 9.59 Å². The maximum atomic E-state index is 13.2. The number of aryl methyl sites for hydroxylation is 2. The zero-order valence-corrected chi connectivity index (χ0v) is 19.4. The van der Waals surface area contributed by atoms with Gasteiger partial charge in [0.15, 0.2) is 0 Å². The van der Waals surface area contributed by atoms with Crippen molar-refractivity contribution in [2.24, 2.45) is 0 Å². The number of thioether (sulfide) groups is 1. The van der Waals surface area contributed by atoms with E-state index in [1.165, 1.54) is 11.1 Å². The number of carbonyl (C=O) groups excluding carboxylic acids is 2. The average molecular weight is 427 g/mol. The van der Waals surface area contributed by atoms with Crippen molar-refractivity contribution in [2.45, 2.75) is 64.4 Å². The molecule has 0 aliphatic carbocycles. The van der Waals surface area contributed by atoms with Gasteiger partial charge >= 0.3 is 0 Å². The molecule has 0 aromatic heterocycles. The normalized spacial score (nSPS) is 11.7. The SMILES string of the molecule is CCCNC(=O)C(CC)N(Cc1ccc(C)cc1)C(=O)CCSc1ccc(C)cc1. The number of nitrogens with zero attached hydrogens (tertiary/aromatic N) is 1. The van der Waals surface area contributed by atoms with Gasteiger partial charge < -0.3 is 10.2 Å². The Hall–Kier alpha value is -2.27. The Morgan fingerprint density at radius 3 is 2.13 bits per heavy atom. The highest BCUT2D eigenvalue weighted by molar-refractivity contribution is 7.99. The van der Waals surface area contributed by atoms with Crippen LogP contribution in [0.1, 0.15) is 49.8 Å². The zero-order chi connectivity index (χ0) is 21.9. The van der Waals surface area contributed by atoms with Crippen LogP contribution < -0.4 is 5.32 Å². The molecule has 0 aliphatic rings. The van der Waals surface area contributed by atoms with Crippen molar-refractivity contribution in [3.63, 3.8) is 0 Å². The number of hydrogen-bond donors (Lipinski definition) is 1. The lowest BCUT2D eigenvalue weighted by atomic mass is 10.1. The standard InChI is InChI=1S/C25H34N2O2S/c1-5-16-26-25(29)23(6-2)27(18-21-11-7-19(3)8-12-21)24(28)15-17-30-22-13-9-20(4)10-14-22/h7-14,23H,5-6,15-18H2,1-4H3,(H,26,29). The molecule has 0 saturated heterocycles. The molecule has 0 aliphatic heterocycles. The number of rotatable bonds is 11. The summed E-state index contributed by atoms with van der Waals surface area (Å²) in [6.07, 6.45) is 1.88. The van der Waals surface area contributed by atoms with Gasteiger partial charge in [-0.15, -0.1) is 11.8 Å². The van der Waals surface area contributed by atoms with E-state index in [-0.39, 0.29) is 11.8 Å². The molecule has 0 spiro atoms. The molecule has 30 heavy (non-hydrogen) atoms. The summed E-state index contributed by atoms with van der Waals surface area (Å²) >= 11 is 1.68. The summed E-state index contributed by atoms with van der Waals surface area (Å²) in [5, 5.41) is 2.96. The topological polar surface area (TPSA) is 49.4 Å². The summed E-state index contributed by atoms with van der Waals surface area (Å²) < 4.78 is 0. The molecule has 0 radical (unpaired) electrons. The minimum Gasteiger partial charge on any atom is -0.354 e. The van der Waals surface area contributed by atoms with Crippen molar-refractivity contribution < 1.29 is 9.59 Å². The second kappa shape index (κ2) is 12.4. The van der Waals surface area contributed by atoms with Gasteiger partial charge in [0.2, 0.25) is 11.8 Å². The molecule has 2 aromatic rings. The Labute approximate surface area is 185 Å². The molecule has 1 unspecified atom stereocenters. The van der Waals surface area contributed by atoms with Crippen LogP contribution in [0.4, 0.5) is 0 Å². The Morgan fingerprint density at radius 1 is 0.967 bits per heavy atom. The summed E-state index contributed by atoms with van der Waals surface area (Å²) in [5.74, 6) is 0.652. The highest BCUT2D eigenvalue weighted by Gasteiger charge is 2.28. The summed E-state index contributed by atoms with van der Waals surface area (Å²) in [5.41, 5.74) is 3.45. The largest absolute Gasteiger partial charge is 0.354 e. The maximum absolute atomic E-state index is 13.2. The van der Waals surface area contributed by atoms with Crippen molar-refractivity contribution >= 4 is 23.6 Å². The fourth-order valence-corrected chi connectivity index (χ4v) is 4.05. The molecule has 5 heteroatoms. The van der Waals surface area contributed by atoms with E-state index >= 15 is 0 Å². The van der Waals surface area contributed by atoms with Crippen LogP contribution in [0.15, 0.2) is 53.4 Å². The number of benzene rings is 2. The van der Waals surface area contributed by atoms with E-state index in [0.29, 0.717) is 31.7 Å². The smallest absolute Gasteiger partial charge is 0.242 e. The van der Waals surface area contributed by atoms with Crippen LogP contribution in [-0.4, -0.2) is 35.1 Å². The zero-order valence-electron chi connectivity index (χ0n) is 18.6. The van der Waals surface area contributed by atoms with Gasteiger partial charge in [-0.25, -0.2) is 0 Å². The first kappa shape index (κ1) is 24.0. The van der Waals surface area contributed by atoms with Crippen LogP contribution >= 0.6 is 11.8 Å². The number of carbonyl (C=O) groups is 2. The van der Waals surface area contributed by atoms with Crippen molar-refractivity contribution in [1.29, 1.82) is 0 Å². The Morgan fingerprint density at radius 2 is 1.57 bits per heavy atom. The summed E-state index contributed by atoms with van der Waals surface area (Å²) in [7, 11) is 0. The van der Waals surface area contributed by atoms with Crippen molar-refractivity contribution in [1.82, 2.24) is 10.2 Å². The van der Waals surface area contributed by atoms with Crippen LogP contribution in [0.3, 0.4) is 0 Å². The molecular formula is C25H34N2O2S. The van der Waals surface area contributed by atoms with E-state index in [1.807, 2.05) is 45.0 Å². The highest BCUT2D eigenvalue weighted by Crippen LogP contribution is 2.21. The number of nitrogens with one attached hydrogen (secondary N) is 1. The molecular weight excluding hydrogens is 392 g/mol. The maximum Gasteiger partial charge on any atom is 0.242 e. The summed E-state index contributed by atoms with van der Waals surface area (Å²) in [6.45, 7) is 9.18. The van der Waals surface area contributed by atoms with Crippen LogP contribution in [0.25, 0.3) is 0 Å². The first-order chi connectivity index (χ1) is 14.4. The third-order valence-electron chi connectivity index (χ3n) is 5.01. The fourth-order valence-electron chi connectivity index (χ4n) is 3.21. The van der Waals surface area contributed by atoms with E-state index in [4.69, 9.17) is 0 Å². The molecule has 0 bridgehead atoms. The monoisotopic (exact) mass is 426 g/mol. The van der Waals surface area contributed by atoms with E-state index in [0.717, 1.165) is 16.9 Å². The van der Waals surface area contributed by atoms with Crippen molar-refractivity contribution in [3.05, 3.63) is 65.2 Å². The lowest BCUT2D eigenvalue weighted by molar-refractivity contribution is -0.141. The molecule has 0 heterocycles. The second-order valence-corrected chi connectivity index (χ2v) is 8.80. The first-order valence-electron chi connectivity index (χ1n) is 10.8. The molecule has 1 N–H and O–H groups in total. The van der Waals surface area contributed by atoms with E-state index in [1.54, 1.807) is 16.7 Å². The third-order valence-corrected chi connectivity index (χ3v) is 6.03. The molecule has 1 atom stereocenters. The molecule has 4 nitrogen and oxygen atoms in total. The molecule has 162 valence electrons. The predicted molar refractivity (Wildman–Crippen MR) is 126 cm³/mol. The van der Waals surface area contributed by atoms with Crippen LogP contribution in [0, 0.1) is 13.8 Å². The predicted octanol–water partition coefficient (Wildman–Crippen LogP) is 5.12. The van der Waals surface area contributed by atoms with E-state index in [2.05, 4.69) is 36.5 Å². The number of hydrogen-bond acceptors (Lipinski definition) is 3.